The highest BCUT2D eigenvalue weighted by Crippen LogP contribution is 2.34. The molecule has 0 aliphatic carbocycles. The molecule has 0 atom stereocenters. The van der Waals surface area contributed by atoms with Crippen LogP contribution in [0.3, 0.4) is 0 Å². The molecule has 7 heteroatoms. The maximum atomic E-state index is 12.6. The Labute approximate surface area is 149 Å². The Balaban J connectivity index is 1.54. The van der Waals surface area contributed by atoms with Crippen molar-refractivity contribution in [2.75, 3.05) is 18.5 Å². The van der Waals surface area contributed by atoms with Crippen molar-refractivity contribution in [3.63, 3.8) is 0 Å². The molecular formula is C18H18N4O2S. The van der Waals surface area contributed by atoms with E-state index in [4.69, 9.17) is 4.74 Å². The van der Waals surface area contributed by atoms with E-state index < -0.39 is 0 Å². The van der Waals surface area contributed by atoms with Crippen molar-refractivity contribution in [1.82, 2.24) is 15.2 Å². The second kappa shape index (κ2) is 6.50. The lowest BCUT2D eigenvalue weighted by Crippen LogP contribution is -2.38. The maximum absolute atomic E-state index is 12.6. The monoisotopic (exact) mass is 354 g/mol. The van der Waals surface area contributed by atoms with Gasteiger partial charge in [0.2, 0.25) is 5.91 Å². The molecular weight excluding hydrogens is 336 g/mol. The Kier molecular flexibility index (Phi) is 4.19. The number of rotatable bonds is 3. The van der Waals surface area contributed by atoms with Crippen LogP contribution in [-0.4, -0.2) is 34.3 Å². The first-order valence-electron chi connectivity index (χ1n) is 8.21. The van der Waals surface area contributed by atoms with E-state index in [2.05, 4.69) is 26.6 Å². The predicted octanol–water partition coefficient (Wildman–Crippen LogP) is 3.51. The van der Waals surface area contributed by atoms with Gasteiger partial charge >= 0.3 is 0 Å². The summed E-state index contributed by atoms with van der Waals surface area (Å²) in [6.07, 6.45) is 4.95. The molecule has 0 spiro atoms. The van der Waals surface area contributed by atoms with E-state index in [0.29, 0.717) is 18.3 Å². The average Bonchev–Trinajstić information content (AvgIpc) is 3.10. The number of ether oxygens (including phenoxy) is 1. The second-order valence-electron chi connectivity index (χ2n) is 6.46. The molecule has 6 nitrogen and oxygen atoms in total. The van der Waals surface area contributed by atoms with Gasteiger partial charge in [-0.15, -0.1) is 0 Å². The van der Waals surface area contributed by atoms with Gasteiger partial charge in [-0.1, -0.05) is 24.3 Å². The minimum Gasteiger partial charge on any atom is -0.381 e. The van der Waals surface area contributed by atoms with Crippen LogP contribution in [0.25, 0.3) is 21.3 Å². The number of benzene rings is 1. The Bertz CT molecular complexity index is 918. The summed E-state index contributed by atoms with van der Waals surface area (Å²) in [6, 6.07) is 7.93. The largest absolute Gasteiger partial charge is 0.381 e. The molecule has 1 saturated heterocycles. The van der Waals surface area contributed by atoms with Crippen LogP contribution in [-0.2, 0) is 9.53 Å². The first kappa shape index (κ1) is 16.1. The Morgan fingerprint density at radius 1 is 1.28 bits per heavy atom. The van der Waals surface area contributed by atoms with Gasteiger partial charge in [-0.2, -0.15) is 10.2 Å². The summed E-state index contributed by atoms with van der Waals surface area (Å²) in [5.74, 6) is 0.0190. The smallest absolute Gasteiger partial charge is 0.232 e. The van der Waals surface area contributed by atoms with E-state index in [-0.39, 0.29) is 11.3 Å². The van der Waals surface area contributed by atoms with Gasteiger partial charge < -0.3 is 10.1 Å². The first-order chi connectivity index (χ1) is 12.1. The highest BCUT2D eigenvalue weighted by atomic mass is 32.1. The summed E-state index contributed by atoms with van der Waals surface area (Å²) < 4.78 is 5.36. The van der Waals surface area contributed by atoms with Gasteiger partial charge in [0.05, 0.1) is 22.0 Å². The summed E-state index contributed by atoms with van der Waals surface area (Å²) in [6.45, 7) is 3.25. The molecule has 0 bridgehead atoms. The molecule has 1 aromatic carbocycles. The van der Waals surface area contributed by atoms with Crippen LogP contribution in [0, 0.1) is 5.41 Å². The van der Waals surface area contributed by atoms with E-state index in [1.807, 2.05) is 25.1 Å². The molecule has 128 valence electrons. The fourth-order valence-electron chi connectivity index (χ4n) is 2.90. The van der Waals surface area contributed by atoms with E-state index >= 15 is 0 Å². The van der Waals surface area contributed by atoms with Crippen LogP contribution in [0.1, 0.15) is 19.8 Å². The molecule has 3 heterocycles. The van der Waals surface area contributed by atoms with Crippen LogP contribution >= 0.6 is 11.3 Å². The van der Waals surface area contributed by atoms with E-state index in [1.165, 1.54) is 11.3 Å². The minimum absolute atomic E-state index is 0.0190. The SMILES string of the molecule is CC1(C(=O)Nc2ncc(-c3ccc4nnccc4c3)s2)CCOCC1. The highest BCUT2D eigenvalue weighted by molar-refractivity contribution is 7.19. The van der Waals surface area contributed by atoms with Gasteiger partial charge in [-0.05, 0) is 36.6 Å². The van der Waals surface area contributed by atoms with Gasteiger partial charge in [0.15, 0.2) is 5.13 Å². The summed E-state index contributed by atoms with van der Waals surface area (Å²) in [4.78, 5) is 18.0. The lowest BCUT2D eigenvalue weighted by Gasteiger charge is -2.31. The third kappa shape index (κ3) is 3.25. The number of hydrogen-bond acceptors (Lipinski definition) is 6. The number of anilines is 1. The molecule has 0 unspecified atom stereocenters. The summed E-state index contributed by atoms with van der Waals surface area (Å²) in [5, 5.41) is 12.6. The Hall–Kier alpha value is -2.38. The van der Waals surface area contributed by atoms with Crippen molar-refractivity contribution in [2.45, 2.75) is 19.8 Å². The zero-order valence-electron chi connectivity index (χ0n) is 13.9. The van der Waals surface area contributed by atoms with E-state index in [0.717, 1.165) is 34.2 Å². The first-order valence-corrected chi connectivity index (χ1v) is 9.03. The van der Waals surface area contributed by atoms with Gasteiger partial charge in [-0.25, -0.2) is 4.98 Å². The second-order valence-corrected chi connectivity index (χ2v) is 7.49. The zero-order valence-corrected chi connectivity index (χ0v) is 14.7. The van der Waals surface area contributed by atoms with Crippen LogP contribution in [0.5, 0.6) is 0 Å². The highest BCUT2D eigenvalue weighted by Gasteiger charge is 2.35. The number of nitrogens with one attached hydrogen (secondary N) is 1. The van der Waals surface area contributed by atoms with E-state index in [9.17, 15) is 4.79 Å². The van der Waals surface area contributed by atoms with Crippen molar-refractivity contribution >= 4 is 33.3 Å². The lowest BCUT2D eigenvalue weighted by atomic mass is 9.81. The van der Waals surface area contributed by atoms with Crippen molar-refractivity contribution in [1.29, 1.82) is 0 Å². The Morgan fingerprint density at radius 3 is 2.96 bits per heavy atom. The minimum atomic E-state index is -0.383. The fraction of sp³-hybridized carbons (Fsp3) is 0.333. The molecule has 1 fully saturated rings. The third-order valence-corrected chi connectivity index (χ3v) is 5.63. The number of carbonyl (C=O) groups excluding carboxylic acids is 1. The van der Waals surface area contributed by atoms with Crippen LogP contribution in [0.2, 0.25) is 0 Å². The van der Waals surface area contributed by atoms with Crippen molar-refractivity contribution in [2.24, 2.45) is 5.41 Å². The normalized spacial score (nSPS) is 16.7. The quantitative estimate of drug-likeness (QED) is 0.779. The summed E-state index contributed by atoms with van der Waals surface area (Å²) in [5.41, 5.74) is 1.53. The molecule has 0 radical (unpaired) electrons. The predicted molar refractivity (Wildman–Crippen MR) is 97.4 cm³/mol. The number of thiazole rings is 1. The molecule has 0 saturated carbocycles. The molecule has 1 amide bonds. The molecule has 3 aromatic rings. The van der Waals surface area contributed by atoms with Gasteiger partial charge in [0.1, 0.15) is 0 Å². The summed E-state index contributed by atoms with van der Waals surface area (Å²) in [7, 11) is 0. The number of fused-ring (bicyclic) bond motifs is 1. The Morgan fingerprint density at radius 2 is 2.12 bits per heavy atom. The molecule has 2 aromatic heterocycles. The molecule has 1 N–H and O–H groups in total. The van der Waals surface area contributed by atoms with Crippen LogP contribution < -0.4 is 5.32 Å². The third-order valence-electron chi connectivity index (χ3n) is 4.67. The van der Waals surface area contributed by atoms with Crippen molar-refractivity contribution < 1.29 is 9.53 Å². The number of amides is 1. The van der Waals surface area contributed by atoms with Crippen LogP contribution in [0.15, 0.2) is 36.7 Å². The number of carbonyl (C=O) groups is 1. The van der Waals surface area contributed by atoms with Crippen molar-refractivity contribution in [3.05, 3.63) is 36.7 Å². The topological polar surface area (TPSA) is 77.0 Å². The fourth-order valence-corrected chi connectivity index (χ4v) is 3.71. The van der Waals surface area contributed by atoms with Crippen LogP contribution in [0.4, 0.5) is 5.13 Å². The number of aromatic nitrogens is 3. The molecule has 25 heavy (non-hydrogen) atoms. The number of nitrogens with zero attached hydrogens (tertiary/aromatic N) is 3. The molecule has 4 rings (SSSR count). The average molecular weight is 354 g/mol. The molecule has 1 aliphatic heterocycles. The standard InChI is InChI=1S/C18H18N4O2S/c1-18(5-8-24-9-6-18)16(23)21-17-19-11-15(25-17)13-2-3-14-12(10-13)4-7-20-22-14/h2-4,7,10-11H,5-6,8-9H2,1H3,(H,19,21,23). The molecule has 1 aliphatic rings. The summed E-state index contributed by atoms with van der Waals surface area (Å²) >= 11 is 1.48. The van der Waals surface area contributed by atoms with Gasteiger partial charge in [-0.3, -0.25) is 4.79 Å². The van der Waals surface area contributed by atoms with Crippen molar-refractivity contribution in [3.8, 4) is 10.4 Å². The lowest BCUT2D eigenvalue weighted by molar-refractivity contribution is -0.129. The zero-order chi connectivity index (χ0) is 17.3. The van der Waals surface area contributed by atoms with Gasteiger partial charge in [0.25, 0.3) is 0 Å². The maximum Gasteiger partial charge on any atom is 0.232 e. The van der Waals surface area contributed by atoms with Gasteiger partial charge in [0, 0.05) is 24.8 Å². The number of hydrogen-bond donors (Lipinski definition) is 1. The van der Waals surface area contributed by atoms with E-state index in [1.54, 1.807) is 12.4 Å².